The van der Waals surface area contributed by atoms with Gasteiger partial charge in [-0.15, -0.1) is 11.3 Å². The first-order valence-corrected chi connectivity index (χ1v) is 9.24. The predicted octanol–water partition coefficient (Wildman–Crippen LogP) is 3.85. The van der Waals surface area contributed by atoms with Crippen LogP contribution in [0.1, 0.15) is 32.9 Å². The third-order valence-electron chi connectivity index (χ3n) is 4.93. The highest BCUT2D eigenvalue weighted by molar-refractivity contribution is 7.20. The van der Waals surface area contributed by atoms with Crippen LogP contribution in [-0.4, -0.2) is 29.3 Å². The molecule has 0 spiro atoms. The quantitative estimate of drug-likeness (QED) is 0.701. The number of amides is 1. The summed E-state index contributed by atoms with van der Waals surface area (Å²) in [6.07, 6.45) is 1.95. The maximum Gasteiger partial charge on any atom is 0.268 e. The Morgan fingerprint density at radius 1 is 1.32 bits per heavy atom. The van der Waals surface area contributed by atoms with E-state index in [9.17, 15) is 4.79 Å². The molecule has 0 N–H and O–H groups in total. The zero-order chi connectivity index (χ0) is 17.7. The van der Waals surface area contributed by atoms with Crippen molar-refractivity contribution in [3.8, 4) is 5.75 Å². The van der Waals surface area contributed by atoms with Gasteiger partial charge in [0.05, 0.1) is 23.4 Å². The Labute approximate surface area is 150 Å². The molecule has 6 heteroatoms. The number of aryl methyl sites for hydroxylation is 3. The molecule has 1 amide bonds. The molecule has 3 heterocycles. The summed E-state index contributed by atoms with van der Waals surface area (Å²) >= 11 is 1.51. The fraction of sp³-hybridized carbons (Fsp3) is 0.368. The second-order valence-electron chi connectivity index (χ2n) is 6.51. The second kappa shape index (κ2) is 5.88. The lowest BCUT2D eigenvalue weighted by molar-refractivity contribution is 0.0988. The van der Waals surface area contributed by atoms with E-state index in [1.165, 1.54) is 22.5 Å². The lowest BCUT2D eigenvalue weighted by atomic mass is 9.96. The monoisotopic (exact) mass is 355 g/mol. The third kappa shape index (κ3) is 2.43. The van der Waals surface area contributed by atoms with Crippen molar-refractivity contribution in [3.63, 3.8) is 0 Å². The number of carbonyl (C=O) groups is 1. The molecule has 5 nitrogen and oxygen atoms in total. The zero-order valence-electron chi connectivity index (χ0n) is 14.9. The van der Waals surface area contributed by atoms with Gasteiger partial charge in [0.2, 0.25) is 0 Å². The van der Waals surface area contributed by atoms with E-state index >= 15 is 0 Å². The van der Waals surface area contributed by atoms with Gasteiger partial charge in [-0.2, -0.15) is 5.10 Å². The molecule has 3 aromatic rings. The van der Waals surface area contributed by atoms with Gasteiger partial charge in [0.15, 0.2) is 0 Å². The number of nitrogens with zero attached hydrogens (tertiary/aromatic N) is 3. The molecule has 0 saturated heterocycles. The van der Waals surface area contributed by atoms with E-state index in [0.29, 0.717) is 0 Å². The first-order chi connectivity index (χ1) is 12.0. The summed E-state index contributed by atoms with van der Waals surface area (Å²) in [6, 6.07) is 6.00. The zero-order valence-corrected chi connectivity index (χ0v) is 15.7. The van der Waals surface area contributed by atoms with E-state index in [1.807, 2.05) is 35.7 Å². The standard InChI is InChI=1S/C19H21N3O2S/c1-11-7-8-15(24-4)17-13(11)6-5-9-22(17)18(23)16-10-14-12(2)20-21(3)19(14)25-16/h7-8,10H,5-6,9H2,1-4H3. The largest absolute Gasteiger partial charge is 0.495 e. The Hall–Kier alpha value is -2.34. The van der Waals surface area contributed by atoms with Crippen LogP contribution in [0.3, 0.4) is 0 Å². The average molecular weight is 355 g/mol. The van der Waals surface area contributed by atoms with Crippen molar-refractivity contribution in [1.82, 2.24) is 9.78 Å². The summed E-state index contributed by atoms with van der Waals surface area (Å²) in [5.41, 5.74) is 4.33. The van der Waals surface area contributed by atoms with Crippen LogP contribution in [0, 0.1) is 13.8 Å². The number of fused-ring (bicyclic) bond motifs is 2. The van der Waals surface area contributed by atoms with E-state index in [-0.39, 0.29) is 5.91 Å². The van der Waals surface area contributed by atoms with Crippen molar-refractivity contribution in [2.24, 2.45) is 7.05 Å². The molecule has 25 heavy (non-hydrogen) atoms. The normalized spacial score (nSPS) is 14.0. The van der Waals surface area contributed by atoms with Gasteiger partial charge in [-0.1, -0.05) is 6.07 Å². The van der Waals surface area contributed by atoms with E-state index in [0.717, 1.165) is 51.6 Å². The van der Waals surface area contributed by atoms with Crippen molar-refractivity contribution in [2.75, 3.05) is 18.6 Å². The summed E-state index contributed by atoms with van der Waals surface area (Å²) in [7, 11) is 3.58. The van der Waals surface area contributed by atoms with Crippen molar-refractivity contribution in [1.29, 1.82) is 0 Å². The number of ether oxygens (including phenoxy) is 1. The maximum atomic E-state index is 13.3. The van der Waals surface area contributed by atoms with Crippen LogP contribution >= 0.6 is 11.3 Å². The second-order valence-corrected chi connectivity index (χ2v) is 7.54. The highest BCUT2D eigenvalue weighted by Gasteiger charge is 2.29. The molecule has 2 aromatic heterocycles. The molecular formula is C19H21N3O2S. The summed E-state index contributed by atoms with van der Waals surface area (Å²) in [5, 5.41) is 5.48. The Morgan fingerprint density at radius 2 is 2.12 bits per heavy atom. The number of carbonyl (C=O) groups excluding carboxylic acids is 1. The number of hydrogen-bond acceptors (Lipinski definition) is 4. The maximum absolute atomic E-state index is 13.3. The molecule has 1 aromatic carbocycles. The summed E-state index contributed by atoms with van der Waals surface area (Å²) < 4.78 is 7.41. The first-order valence-electron chi connectivity index (χ1n) is 8.42. The summed E-state index contributed by atoms with van der Waals surface area (Å²) in [4.78, 5) is 17.0. The molecule has 0 atom stereocenters. The highest BCUT2D eigenvalue weighted by atomic mass is 32.1. The van der Waals surface area contributed by atoms with Crippen LogP contribution in [0.4, 0.5) is 5.69 Å². The molecule has 130 valence electrons. The van der Waals surface area contributed by atoms with Gasteiger partial charge < -0.3 is 9.64 Å². The number of hydrogen-bond donors (Lipinski definition) is 0. The van der Waals surface area contributed by atoms with Crippen LogP contribution in [0.15, 0.2) is 18.2 Å². The summed E-state index contributed by atoms with van der Waals surface area (Å²) in [6.45, 7) is 4.80. The average Bonchev–Trinajstić information content (AvgIpc) is 3.16. The van der Waals surface area contributed by atoms with Gasteiger partial charge >= 0.3 is 0 Å². The Balaban J connectivity index is 1.81. The summed E-state index contributed by atoms with van der Waals surface area (Å²) in [5.74, 6) is 0.818. The van der Waals surface area contributed by atoms with Crippen molar-refractivity contribution in [3.05, 3.63) is 39.9 Å². The third-order valence-corrected chi connectivity index (χ3v) is 6.12. The van der Waals surface area contributed by atoms with Gasteiger partial charge in [-0.05, 0) is 49.9 Å². The minimum atomic E-state index is 0.0467. The van der Waals surface area contributed by atoms with E-state index in [1.54, 1.807) is 7.11 Å². The molecule has 0 bridgehead atoms. The molecule has 1 aliphatic rings. The van der Waals surface area contributed by atoms with Crippen LogP contribution in [0.2, 0.25) is 0 Å². The number of anilines is 1. The van der Waals surface area contributed by atoms with Crippen molar-refractivity contribution < 1.29 is 9.53 Å². The fourth-order valence-electron chi connectivity index (χ4n) is 3.66. The molecule has 0 aliphatic carbocycles. The van der Waals surface area contributed by atoms with Crippen LogP contribution in [-0.2, 0) is 13.5 Å². The fourth-order valence-corrected chi connectivity index (χ4v) is 4.74. The molecule has 0 radical (unpaired) electrons. The number of rotatable bonds is 2. The molecule has 1 aliphatic heterocycles. The van der Waals surface area contributed by atoms with Crippen LogP contribution < -0.4 is 9.64 Å². The molecule has 0 saturated carbocycles. The van der Waals surface area contributed by atoms with Gasteiger partial charge in [0, 0.05) is 19.0 Å². The molecule has 0 fully saturated rings. The Kier molecular flexibility index (Phi) is 3.80. The van der Waals surface area contributed by atoms with E-state index in [4.69, 9.17) is 4.74 Å². The van der Waals surface area contributed by atoms with Crippen LogP contribution in [0.5, 0.6) is 5.75 Å². The number of benzene rings is 1. The number of thiophene rings is 1. The lowest BCUT2D eigenvalue weighted by Crippen LogP contribution is -2.35. The van der Waals surface area contributed by atoms with Gasteiger partial charge in [0.1, 0.15) is 10.6 Å². The Morgan fingerprint density at radius 3 is 2.84 bits per heavy atom. The predicted molar refractivity (Wildman–Crippen MR) is 101 cm³/mol. The van der Waals surface area contributed by atoms with Crippen molar-refractivity contribution >= 4 is 33.1 Å². The van der Waals surface area contributed by atoms with Crippen molar-refractivity contribution in [2.45, 2.75) is 26.7 Å². The van der Waals surface area contributed by atoms with E-state index in [2.05, 4.69) is 18.1 Å². The Bertz CT molecular complexity index is 952. The van der Waals surface area contributed by atoms with Gasteiger partial charge in [-0.25, -0.2) is 0 Å². The first kappa shape index (κ1) is 16.1. The SMILES string of the molecule is COc1ccc(C)c2c1N(C(=O)c1cc3c(C)nn(C)c3s1)CCC2. The smallest absolute Gasteiger partial charge is 0.268 e. The minimum absolute atomic E-state index is 0.0467. The highest BCUT2D eigenvalue weighted by Crippen LogP contribution is 2.40. The molecular weight excluding hydrogens is 334 g/mol. The molecule has 0 unspecified atom stereocenters. The lowest BCUT2D eigenvalue weighted by Gasteiger charge is -2.31. The van der Waals surface area contributed by atoms with Gasteiger partial charge in [-0.3, -0.25) is 9.48 Å². The number of aromatic nitrogens is 2. The molecule has 4 rings (SSSR count). The minimum Gasteiger partial charge on any atom is -0.495 e. The number of methoxy groups -OCH3 is 1. The van der Waals surface area contributed by atoms with E-state index < -0.39 is 0 Å². The van der Waals surface area contributed by atoms with Gasteiger partial charge in [0.25, 0.3) is 5.91 Å². The topological polar surface area (TPSA) is 47.4 Å². The van der Waals surface area contributed by atoms with Crippen LogP contribution in [0.25, 0.3) is 10.2 Å².